The molecule has 2 aromatic rings. The summed E-state index contributed by atoms with van der Waals surface area (Å²) in [6.07, 6.45) is -4.48. The first-order valence-electron chi connectivity index (χ1n) is 8.01. The fourth-order valence-corrected chi connectivity index (χ4v) is 4.20. The molecule has 0 unspecified atom stereocenters. The van der Waals surface area contributed by atoms with Gasteiger partial charge in [0.05, 0.1) is 10.6 Å². The summed E-state index contributed by atoms with van der Waals surface area (Å²) in [4.78, 5) is 12.1. The van der Waals surface area contributed by atoms with Crippen molar-refractivity contribution in [3.63, 3.8) is 0 Å². The molecule has 2 aromatic carbocycles. The molecule has 28 heavy (non-hydrogen) atoms. The van der Waals surface area contributed by atoms with Gasteiger partial charge < -0.3 is 5.32 Å². The lowest BCUT2D eigenvalue weighted by Crippen LogP contribution is -2.40. The van der Waals surface area contributed by atoms with Crippen molar-refractivity contribution in [2.45, 2.75) is 37.4 Å². The van der Waals surface area contributed by atoms with Crippen molar-refractivity contribution < 1.29 is 26.4 Å². The Morgan fingerprint density at radius 1 is 1.00 bits per heavy atom. The molecule has 1 amide bonds. The molecule has 152 valence electrons. The highest BCUT2D eigenvalue weighted by atomic mass is 35.5. The minimum Gasteiger partial charge on any atom is -0.322 e. The van der Waals surface area contributed by atoms with Gasteiger partial charge in [0.1, 0.15) is 4.90 Å². The first-order chi connectivity index (χ1) is 12.7. The van der Waals surface area contributed by atoms with Gasteiger partial charge >= 0.3 is 6.18 Å². The number of carbonyl (C=O) groups excluding carboxylic acids is 1. The monoisotopic (exact) mass is 434 g/mol. The highest BCUT2D eigenvalue weighted by Gasteiger charge is 2.30. The third-order valence-corrected chi connectivity index (χ3v) is 5.63. The van der Waals surface area contributed by atoms with Crippen LogP contribution in [-0.2, 0) is 16.2 Å². The summed E-state index contributed by atoms with van der Waals surface area (Å²) in [5, 5.41) is 2.35. The molecule has 0 bridgehead atoms. The van der Waals surface area contributed by atoms with Crippen molar-refractivity contribution in [2.24, 2.45) is 0 Å². The summed E-state index contributed by atoms with van der Waals surface area (Å²) in [5.41, 5.74) is -1.50. The van der Waals surface area contributed by atoms with Crippen LogP contribution in [0.3, 0.4) is 0 Å². The van der Waals surface area contributed by atoms with Crippen LogP contribution in [-0.4, -0.2) is 19.9 Å². The van der Waals surface area contributed by atoms with Crippen molar-refractivity contribution in [1.82, 2.24) is 4.72 Å². The fourth-order valence-electron chi connectivity index (χ4n) is 2.25. The molecule has 0 radical (unpaired) electrons. The molecule has 2 N–H and O–H groups in total. The molecule has 0 aliphatic rings. The maximum atomic E-state index is 12.6. The average molecular weight is 435 g/mol. The smallest absolute Gasteiger partial charge is 0.322 e. The van der Waals surface area contributed by atoms with E-state index in [-0.39, 0.29) is 21.2 Å². The molecular weight excluding hydrogens is 417 g/mol. The number of alkyl halides is 3. The van der Waals surface area contributed by atoms with E-state index in [4.69, 9.17) is 11.6 Å². The minimum absolute atomic E-state index is 0.0152. The number of benzene rings is 2. The Kier molecular flexibility index (Phi) is 6.13. The van der Waals surface area contributed by atoms with E-state index in [0.29, 0.717) is 0 Å². The first kappa shape index (κ1) is 22.2. The molecule has 0 aromatic heterocycles. The second-order valence-corrected chi connectivity index (χ2v) is 9.09. The molecule has 10 heteroatoms. The molecule has 5 nitrogen and oxygen atoms in total. The summed E-state index contributed by atoms with van der Waals surface area (Å²) in [5.74, 6) is -0.691. The van der Waals surface area contributed by atoms with Crippen molar-refractivity contribution >= 4 is 33.2 Å². The number of hydrogen-bond donors (Lipinski definition) is 2. The molecule has 2 rings (SSSR count). The number of amides is 1. The quantitative estimate of drug-likeness (QED) is 0.733. The van der Waals surface area contributed by atoms with Crippen molar-refractivity contribution in [2.75, 3.05) is 5.32 Å². The number of rotatable bonds is 4. The fraction of sp³-hybridized carbons (Fsp3) is 0.278. The van der Waals surface area contributed by atoms with E-state index in [1.54, 1.807) is 20.8 Å². The maximum absolute atomic E-state index is 12.6. The van der Waals surface area contributed by atoms with Crippen LogP contribution in [0.4, 0.5) is 18.9 Å². The van der Waals surface area contributed by atoms with Crippen LogP contribution in [0.2, 0.25) is 5.02 Å². The SMILES string of the molecule is CC(C)(C)NS(=O)(=O)c1cc(C(=O)Nc2ccc(C(F)(F)F)cc2)ccc1Cl. The van der Waals surface area contributed by atoms with Crippen LogP contribution >= 0.6 is 11.6 Å². The first-order valence-corrected chi connectivity index (χ1v) is 9.87. The number of halogens is 4. The van der Waals surface area contributed by atoms with Crippen molar-refractivity contribution in [3.05, 3.63) is 58.6 Å². The third kappa shape index (κ3) is 5.70. The van der Waals surface area contributed by atoms with Gasteiger partial charge in [-0.1, -0.05) is 11.6 Å². The standard InChI is InChI=1S/C18H18ClF3N2O3S/c1-17(2,3)24-28(26,27)15-10-11(4-9-14(15)19)16(25)23-13-7-5-12(6-8-13)18(20,21)22/h4-10,24H,1-3H3,(H,23,25). The van der Waals surface area contributed by atoms with Gasteiger partial charge in [-0.25, -0.2) is 13.1 Å². The Hall–Kier alpha value is -2.10. The van der Waals surface area contributed by atoms with Crippen LogP contribution in [0.1, 0.15) is 36.7 Å². The van der Waals surface area contributed by atoms with Crippen LogP contribution < -0.4 is 10.0 Å². The zero-order chi connectivity index (χ0) is 21.3. The molecular formula is C18H18ClF3N2O3S. The Labute approximate surface area is 166 Å². The van der Waals surface area contributed by atoms with E-state index in [1.807, 2.05) is 0 Å². The van der Waals surface area contributed by atoms with Gasteiger partial charge in [-0.15, -0.1) is 0 Å². The predicted molar refractivity (Wildman–Crippen MR) is 101 cm³/mol. The Morgan fingerprint density at radius 3 is 2.07 bits per heavy atom. The molecule has 0 heterocycles. The summed E-state index contributed by atoms with van der Waals surface area (Å²) in [7, 11) is -3.99. The van der Waals surface area contributed by atoms with E-state index in [1.165, 1.54) is 12.1 Å². The number of nitrogens with one attached hydrogen (secondary N) is 2. The predicted octanol–water partition coefficient (Wildman–Crippen LogP) is 4.69. The minimum atomic E-state index is -4.48. The van der Waals surface area contributed by atoms with Crippen LogP contribution in [0, 0.1) is 0 Å². The third-order valence-electron chi connectivity index (χ3n) is 3.39. The van der Waals surface area contributed by atoms with Crippen molar-refractivity contribution in [3.8, 4) is 0 Å². The Bertz CT molecular complexity index is 983. The second-order valence-electron chi connectivity index (χ2n) is 7.03. The molecule has 0 saturated heterocycles. The lowest BCUT2D eigenvalue weighted by molar-refractivity contribution is -0.137. The number of carbonyl (C=O) groups is 1. The lowest BCUT2D eigenvalue weighted by atomic mass is 10.1. The molecule has 0 atom stereocenters. The van der Waals surface area contributed by atoms with Gasteiger partial charge in [-0.05, 0) is 63.2 Å². The van der Waals surface area contributed by atoms with Gasteiger partial charge in [-0.2, -0.15) is 13.2 Å². The highest BCUT2D eigenvalue weighted by Crippen LogP contribution is 2.30. The summed E-state index contributed by atoms with van der Waals surface area (Å²) in [6, 6.07) is 7.57. The number of anilines is 1. The lowest BCUT2D eigenvalue weighted by Gasteiger charge is -2.21. The maximum Gasteiger partial charge on any atom is 0.416 e. The van der Waals surface area contributed by atoms with E-state index in [0.717, 1.165) is 30.3 Å². The molecule has 0 spiro atoms. The Balaban J connectivity index is 2.27. The largest absolute Gasteiger partial charge is 0.416 e. The normalized spacial score (nSPS) is 12.7. The van der Waals surface area contributed by atoms with Crippen LogP contribution in [0.5, 0.6) is 0 Å². The summed E-state index contributed by atoms with van der Waals surface area (Å²) < 4.78 is 65.2. The highest BCUT2D eigenvalue weighted by molar-refractivity contribution is 7.89. The average Bonchev–Trinajstić information content (AvgIpc) is 2.52. The van der Waals surface area contributed by atoms with Gasteiger partial charge in [0, 0.05) is 16.8 Å². The van der Waals surface area contributed by atoms with Gasteiger partial charge in [0.2, 0.25) is 10.0 Å². The van der Waals surface area contributed by atoms with E-state index in [9.17, 15) is 26.4 Å². The summed E-state index contributed by atoms with van der Waals surface area (Å²) >= 11 is 5.98. The van der Waals surface area contributed by atoms with Gasteiger partial charge in [-0.3, -0.25) is 4.79 Å². The number of hydrogen-bond acceptors (Lipinski definition) is 3. The number of sulfonamides is 1. The molecule has 0 saturated carbocycles. The zero-order valence-corrected chi connectivity index (χ0v) is 16.8. The summed E-state index contributed by atoms with van der Waals surface area (Å²) in [6.45, 7) is 4.96. The van der Waals surface area contributed by atoms with Gasteiger partial charge in [0.25, 0.3) is 5.91 Å². The zero-order valence-electron chi connectivity index (χ0n) is 15.2. The van der Waals surface area contributed by atoms with E-state index in [2.05, 4.69) is 10.0 Å². The molecule has 0 fully saturated rings. The van der Waals surface area contributed by atoms with Gasteiger partial charge in [0.15, 0.2) is 0 Å². The second kappa shape index (κ2) is 7.73. The Morgan fingerprint density at radius 2 is 1.57 bits per heavy atom. The topological polar surface area (TPSA) is 75.3 Å². The van der Waals surface area contributed by atoms with Crippen molar-refractivity contribution in [1.29, 1.82) is 0 Å². The molecule has 0 aliphatic carbocycles. The van der Waals surface area contributed by atoms with E-state index < -0.39 is 33.2 Å². The molecule has 0 aliphatic heterocycles. The van der Waals surface area contributed by atoms with Crippen LogP contribution in [0.25, 0.3) is 0 Å². The van der Waals surface area contributed by atoms with E-state index >= 15 is 0 Å². The van der Waals surface area contributed by atoms with Crippen LogP contribution in [0.15, 0.2) is 47.4 Å².